The van der Waals surface area contributed by atoms with Crippen LogP contribution in [0.4, 0.5) is 17.3 Å². The van der Waals surface area contributed by atoms with Gasteiger partial charge in [0.15, 0.2) is 5.82 Å². The second-order valence-electron chi connectivity index (χ2n) is 8.37. The third-order valence-electron chi connectivity index (χ3n) is 6.05. The number of carbonyl (C=O) groups is 1. The van der Waals surface area contributed by atoms with E-state index < -0.39 is 0 Å². The molecule has 4 heterocycles. The molecule has 0 bridgehead atoms. The van der Waals surface area contributed by atoms with Crippen LogP contribution in [0.25, 0.3) is 11.4 Å². The van der Waals surface area contributed by atoms with Gasteiger partial charge in [0.1, 0.15) is 11.6 Å². The van der Waals surface area contributed by atoms with E-state index in [1.807, 2.05) is 24.3 Å². The van der Waals surface area contributed by atoms with Gasteiger partial charge in [0.25, 0.3) is 0 Å². The van der Waals surface area contributed by atoms with E-state index in [0.29, 0.717) is 37.9 Å². The molecule has 170 valence electrons. The van der Waals surface area contributed by atoms with E-state index in [0.717, 1.165) is 47.7 Å². The Balaban J connectivity index is 1.49. The second kappa shape index (κ2) is 9.03. The molecule has 9 heteroatoms. The molecule has 1 unspecified atom stereocenters. The molecular weight excluding hydrogens is 420 g/mol. The highest BCUT2D eigenvalue weighted by Crippen LogP contribution is 2.31. The summed E-state index contributed by atoms with van der Waals surface area (Å²) in [5.74, 6) is 2.20. The molecule has 1 saturated heterocycles. The number of hydrogen-bond acceptors (Lipinski definition) is 7. The summed E-state index contributed by atoms with van der Waals surface area (Å²) in [6, 6.07) is 13.0. The lowest BCUT2D eigenvalue weighted by Crippen LogP contribution is -2.45. The first-order valence-corrected chi connectivity index (χ1v) is 11.1. The van der Waals surface area contributed by atoms with Crippen LogP contribution in [0.15, 0.2) is 47.3 Å². The van der Waals surface area contributed by atoms with Gasteiger partial charge in [0.05, 0.1) is 31.5 Å². The zero-order valence-corrected chi connectivity index (χ0v) is 18.5. The molecule has 0 saturated carbocycles. The van der Waals surface area contributed by atoms with Crippen molar-refractivity contribution in [2.24, 2.45) is 0 Å². The van der Waals surface area contributed by atoms with Crippen molar-refractivity contribution in [2.75, 3.05) is 36.5 Å². The maximum absolute atomic E-state index is 11.5. The predicted octanol–water partition coefficient (Wildman–Crippen LogP) is 2.32. The number of H-pyrrole nitrogens is 1. The van der Waals surface area contributed by atoms with Crippen molar-refractivity contribution in [1.82, 2.24) is 19.9 Å². The van der Waals surface area contributed by atoms with E-state index in [-0.39, 0.29) is 11.6 Å². The first kappa shape index (κ1) is 21.1. The van der Waals surface area contributed by atoms with Gasteiger partial charge in [-0.15, -0.1) is 0 Å². The van der Waals surface area contributed by atoms with Crippen LogP contribution in [0.1, 0.15) is 18.2 Å². The van der Waals surface area contributed by atoms with Crippen LogP contribution in [-0.4, -0.2) is 58.6 Å². The molecule has 3 aromatic rings. The Morgan fingerprint density at radius 3 is 2.76 bits per heavy atom. The zero-order chi connectivity index (χ0) is 22.8. The lowest BCUT2D eigenvalue weighted by atomic mass is 10.0. The number of nitrogens with one attached hydrogen (secondary N) is 2. The van der Waals surface area contributed by atoms with Crippen molar-refractivity contribution in [3.8, 4) is 11.4 Å². The summed E-state index contributed by atoms with van der Waals surface area (Å²) in [6.45, 7) is 5.41. The van der Waals surface area contributed by atoms with Gasteiger partial charge in [-0.1, -0.05) is 6.07 Å². The minimum absolute atomic E-state index is 0.159. The van der Waals surface area contributed by atoms with E-state index in [9.17, 15) is 9.59 Å². The molecule has 0 spiro atoms. The SMILES string of the molecule is CC1COCCN1c1nc(-c2ccc(Nc3cccc(=O)[nH]3)cc2)nc2c1CCN(C=O)C2. The summed E-state index contributed by atoms with van der Waals surface area (Å²) in [6.07, 6.45) is 1.63. The molecule has 1 fully saturated rings. The fourth-order valence-corrected chi connectivity index (χ4v) is 4.31. The second-order valence-corrected chi connectivity index (χ2v) is 8.37. The van der Waals surface area contributed by atoms with Gasteiger partial charge in [-0.05, 0) is 43.7 Å². The maximum Gasteiger partial charge on any atom is 0.249 e. The summed E-state index contributed by atoms with van der Waals surface area (Å²) in [5.41, 5.74) is 3.59. The fourth-order valence-electron chi connectivity index (χ4n) is 4.31. The maximum atomic E-state index is 11.5. The summed E-state index contributed by atoms with van der Waals surface area (Å²) >= 11 is 0. The number of anilines is 3. The molecule has 0 radical (unpaired) electrons. The van der Waals surface area contributed by atoms with Gasteiger partial charge < -0.3 is 24.8 Å². The molecule has 5 rings (SSSR count). The lowest BCUT2D eigenvalue weighted by molar-refractivity contribution is -0.119. The number of rotatable bonds is 5. The number of morpholine rings is 1. The van der Waals surface area contributed by atoms with Gasteiger partial charge in [-0.2, -0.15) is 0 Å². The van der Waals surface area contributed by atoms with Crippen molar-refractivity contribution in [3.63, 3.8) is 0 Å². The minimum Gasteiger partial charge on any atom is -0.377 e. The number of benzene rings is 1. The summed E-state index contributed by atoms with van der Waals surface area (Å²) in [7, 11) is 0. The van der Waals surface area contributed by atoms with Crippen LogP contribution in [0.3, 0.4) is 0 Å². The van der Waals surface area contributed by atoms with Crippen LogP contribution in [0.2, 0.25) is 0 Å². The summed E-state index contributed by atoms with van der Waals surface area (Å²) in [5, 5.41) is 3.19. The van der Waals surface area contributed by atoms with E-state index in [1.165, 1.54) is 6.07 Å². The molecule has 2 aliphatic rings. The number of amides is 1. The number of hydrogen-bond donors (Lipinski definition) is 2. The molecule has 2 aliphatic heterocycles. The van der Waals surface area contributed by atoms with Crippen LogP contribution >= 0.6 is 0 Å². The van der Waals surface area contributed by atoms with Gasteiger partial charge in [-0.25, -0.2) is 9.97 Å². The predicted molar refractivity (Wildman–Crippen MR) is 126 cm³/mol. The molecular formula is C24H26N6O3. The first-order valence-electron chi connectivity index (χ1n) is 11.1. The molecule has 1 aromatic carbocycles. The van der Waals surface area contributed by atoms with Crippen LogP contribution in [0, 0.1) is 0 Å². The number of pyridine rings is 1. The standard InChI is InChI=1S/C24H26N6O3/c1-16-14-33-12-11-30(16)24-19-9-10-29(15-31)13-20(19)26-23(28-24)17-5-7-18(8-6-17)25-21-3-2-4-22(32)27-21/h2-8,15-16H,9-14H2,1H3,(H2,25,27,32). The smallest absolute Gasteiger partial charge is 0.249 e. The minimum atomic E-state index is -0.159. The first-order chi connectivity index (χ1) is 16.1. The molecule has 1 atom stereocenters. The number of carbonyl (C=O) groups excluding carboxylic acids is 1. The Bertz CT molecular complexity index is 1210. The van der Waals surface area contributed by atoms with Crippen molar-refractivity contribution >= 4 is 23.7 Å². The number of nitrogens with zero attached hydrogens (tertiary/aromatic N) is 4. The van der Waals surface area contributed by atoms with E-state index in [1.54, 1.807) is 17.0 Å². The van der Waals surface area contributed by atoms with Crippen molar-refractivity contribution in [2.45, 2.75) is 25.9 Å². The number of fused-ring (bicyclic) bond motifs is 1. The van der Waals surface area contributed by atoms with Gasteiger partial charge >= 0.3 is 0 Å². The zero-order valence-electron chi connectivity index (χ0n) is 18.5. The van der Waals surface area contributed by atoms with Gasteiger partial charge in [0.2, 0.25) is 12.0 Å². The average Bonchev–Trinajstić information content (AvgIpc) is 2.84. The van der Waals surface area contributed by atoms with E-state index in [4.69, 9.17) is 14.7 Å². The summed E-state index contributed by atoms with van der Waals surface area (Å²) in [4.78, 5) is 39.6. The van der Waals surface area contributed by atoms with Crippen molar-refractivity contribution in [1.29, 1.82) is 0 Å². The van der Waals surface area contributed by atoms with E-state index in [2.05, 4.69) is 22.1 Å². The Kier molecular flexibility index (Phi) is 5.78. The van der Waals surface area contributed by atoms with Crippen molar-refractivity contribution < 1.29 is 9.53 Å². The average molecular weight is 447 g/mol. The highest BCUT2D eigenvalue weighted by atomic mass is 16.5. The quantitative estimate of drug-likeness (QED) is 0.580. The monoisotopic (exact) mass is 446 g/mol. The largest absolute Gasteiger partial charge is 0.377 e. The third kappa shape index (κ3) is 4.45. The molecule has 2 N–H and O–H groups in total. The Morgan fingerprint density at radius 1 is 1.15 bits per heavy atom. The number of aromatic amines is 1. The normalized spacial score (nSPS) is 18.0. The molecule has 1 amide bonds. The van der Waals surface area contributed by atoms with Crippen molar-refractivity contribution in [3.05, 3.63) is 64.1 Å². The highest BCUT2D eigenvalue weighted by molar-refractivity contribution is 5.66. The molecule has 0 aliphatic carbocycles. The topological polar surface area (TPSA) is 103 Å². The number of aromatic nitrogens is 3. The Morgan fingerprint density at radius 2 is 2.00 bits per heavy atom. The molecule has 2 aromatic heterocycles. The van der Waals surface area contributed by atoms with Crippen LogP contribution < -0.4 is 15.8 Å². The Labute approximate surface area is 191 Å². The lowest BCUT2D eigenvalue weighted by Gasteiger charge is -2.37. The Hall–Kier alpha value is -3.72. The summed E-state index contributed by atoms with van der Waals surface area (Å²) < 4.78 is 5.63. The highest BCUT2D eigenvalue weighted by Gasteiger charge is 2.28. The van der Waals surface area contributed by atoms with Gasteiger partial charge in [0, 0.05) is 36.0 Å². The molecule has 9 nitrogen and oxygen atoms in total. The third-order valence-corrected chi connectivity index (χ3v) is 6.05. The van der Waals surface area contributed by atoms with Crippen LogP contribution in [-0.2, 0) is 22.5 Å². The molecule has 33 heavy (non-hydrogen) atoms. The van der Waals surface area contributed by atoms with Gasteiger partial charge in [-0.3, -0.25) is 9.59 Å². The fraction of sp³-hybridized carbons (Fsp3) is 0.333. The number of ether oxygens (including phenoxy) is 1. The van der Waals surface area contributed by atoms with Crippen LogP contribution in [0.5, 0.6) is 0 Å². The van der Waals surface area contributed by atoms with E-state index >= 15 is 0 Å².